The highest BCUT2D eigenvalue weighted by Crippen LogP contribution is 2.20. The van der Waals surface area contributed by atoms with E-state index in [1.807, 2.05) is 13.2 Å². The number of nitrogens with zero attached hydrogens (tertiary/aromatic N) is 1. The third kappa shape index (κ3) is 3.30. The van der Waals surface area contributed by atoms with Gasteiger partial charge in [-0.05, 0) is 31.4 Å². The van der Waals surface area contributed by atoms with Gasteiger partial charge in [0.15, 0.2) is 0 Å². The van der Waals surface area contributed by atoms with Crippen LogP contribution >= 0.6 is 11.8 Å². The molecule has 1 aromatic rings. The van der Waals surface area contributed by atoms with Gasteiger partial charge in [0.1, 0.15) is 5.75 Å². The Morgan fingerprint density at radius 3 is 2.82 bits per heavy atom. The normalized spacial score (nSPS) is 12.2. The summed E-state index contributed by atoms with van der Waals surface area (Å²) >= 11 is 1.68. The summed E-state index contributed by atoms with van der Waals surface area (Å²) in [5.74, 6) is 0.745. The lowest BCUT2D eigenvalue weighted by molar-refractivity contribution is 0.0758. The molecule has 17 heavy (non-hydrogen) atoms. The maximum absolute atomic E-state index is 12.2. The van der Waals surface area contributed by atoms with E-state index in [9.17, 15) is 9.90 Å². The average Bonchev–Trinajstić information content (AvgIpc) is 2.30. The van der Waals surface area contributed by atoms with Crippen LogP contribution in [0, 0.1) is 0 Å². The number of aromatic hydroxyl groups is 1. The average molecular weight is 254 g/mol. The molecular formula is C12H18N2O2S. The maximum atomic E-state index is 12.2. The molecule has 1 atom stereocenters. The number of carbonyl (C=O) groups is 1. The summed E-state index contributed by atoms with van der Waals surface area (Å²) in [4.78, 5) is 13.8. The maximum Gasteiger partial charge on any atom is 0.256 e. The molecule has 1 unspecified atom stereocenters. The first-order valence-corrected chi connectivity index (χ1v) is 6.71. The van der Waals surface area contributed by atoms with E-state index in [4.69, 9.17) is 5.73 Å². The predicted molar refractivity (Wildman–Crippen MR) is 72.5 cm³/mol. The number of hydrogen-bond acceptors (Lipinski definition) is 4. The van der Waals surface area contributed by atoms with Gasteiger partial charge < -0.3 is 15.7 Å². The quantitative estimate of drug-likeness (QED) is 0.635. The first-order valence-electron chi connectivity index (χ1n) is 5.32. The molecule has 0 saturated carbocycles. The number of phenolic OH excluding ortho intramolecular Hbond substituents is 1. The van der Waals surface area contributed by atoms with E-state index in [0.29, 0.717) is 11.3 Å². The van der Waals surface area contributed by atoms with Gasteiger partial charge in [0, 0.05) is 24.5 Å². The molecule has 1 rings (SSSR count). The van der Waals surface area contributed by atoms with Crippen LogP contribution in [0.3, 0.4) is 0 Å². The van der Waals surface area contributed by atoms with Crippen LogP contribution in [0.4, 0.5) is 5.69 Å². The van der Waals surface area contributed by atoms with E-state index in [0.717, 1.165) is 5.75 Å². The van der Waals surface area contributed by atoms with Gasteiger partial charge >= 0.3 is 0 Å². The molecule has 94 valence electrons. The lowest BCUT2D eigenvalue weighted by Gasteiger charge is -2.25. The van der Waals surface area contributed by atoms with Crippen molar-refractivity contribution in [2.75, 3.05) is 24.8 Å². The Balaban J connectivity index is 2.92. The topological polar surface area (TPSA) is 66.6 Å². The Bertz CT molecular complexity index is 409. The molecule has 0 aliphatic carbocycles. The van der Waals surface area contributed by atoms with Crippen LogP contribution in [-0.2, 0) is 0 Å². The van der Waals surface area contributed by atoms with E-state index in [1.165, 1.54) is 18.2 Å². The smallest absolute Gasteiger partial charge is 0.256 e. The fraction of sp³-hybridized carbons (Fsp3) is 0.417. The second-order valence-electron chi connectivity index (χ2n) is 3.99. The number of amides is 1. The molecule has 4 nitrogen and oxygen atoms in total. The zero-order chi connectivity index (χ0) is 13.0. The number of hydrogen-bond donors (Lipinski definition) is 2. The number of nitrogens with two attached hydrogens (primary N) is 1. The first kappa shape index (κ1) is 13.7. The zero-order valence-electron chi connectivity index (χ0n) is 10.3. The second kappa shape index (κ2) is 5.82. The number of anilines is 1. The van der Waals surface area contributed by atoms with Crippen LogP contribution in [0.1, 0.15) is 17.3 Å². The summed E-state index contributed by atoms with van der Waals surface area (Å²) < 4.78 is 0. The molecular weight excluding hydrogens is 236 g/mol. The van der Waals surface area contributed by atoms with Crippen molar-refractivity contribution in [3.05, 3.63) is 23.8 Å². The molecule has 0 radical (unpaired) electrons. The van der Waals surface area contributed by atoms with Crippen molar-refractivity contribution in [1.82, 2.24) is 4.90 Å². The standard InChI is InChI=1S/C12H18N2O2S/c1-8(7-17-3)14(2)12(16)10-6-9(15)4-5-11(10)13/h4-6,8,15H,7,13H2,1-3H3. The van der Waals surface area contributed by atoms with Gasteiger partial charge in [-0.15, -0.1) is 0 Å². The van der Waals surface area contributed by atoms with E-state index in [-0.39, 0.29) is 17.7 Å². The molecule has 5 heteroatoms. The number of phenols is 1. The van der Waals surface area contributed by atoms with Gasteiger partial charge in [0.25, 0.3) is 5.91 Å². The molecule has 0 heterocycles. The van der Waals surface area contributed by atoms with Crippen molar-refractivity contribution in [1.29, 1.82) is 0 Å². The van der Waals surface area contributed by atoms with Crippen LogP contribution in [0.2, 0.25) is 0 Å². The lowest BCUT2D eigenvalue weighted by atomic mass is 10.1. The third-order valence-electron chi connectivity index (χ3n) is 2.66. The monoisotopic (exact) mass is 254 g/mol. The Morgan fingerprint density at radius 2 is 2.24 bits per heavy atom. The van der Waals surface area contributed by atoms with E-state index in [1.54, 1.807) is 23.7 Å². The largest absolute Gasteiger partial charge is 0.508 e. The summed E-state index contributed by atoms with van der Waals surface area (Å²) in [5.41, 5.74) is 6.47. The van der Waals surface area contributed by atoms with Crippen LogP contribution < -0.4 is 5.73 Å². The Labute approximate surface area is 106 Å². The molecule has 0 aliphatic heterocycles. The summed E-state index contributed by atoms with van der Waals surface area (Å²) in [5, 5.41) is 9.38. The number of carbonyl (C=O) groups excluding carboxylic acids is 1. The van der Waals surface area contributed by atoms with Crippen LogP contribution in [0.5, 0.6) is 5.75 Å². The molecule has 1 aromatic carbocycles. The van der Waals surface area contributed by atoms with Crippen LogP contribution in [-0.4, -0.2) is 41.0 Å². The lowest BCUT2D eigenvalue weighted by Crippen LogP contribution is -2.36. The van der Waals surface area contributed by atoms with Crippen molar-refractivity contribution >= 4 is 23.4 Å². The number of benzene rings is 1. The van der Waals surface area contributed by atoms with Gasteiger partial charge in [-0.25, -0.2) is 0 Å². The summed E-state index contributed by atoms with van der Waals surface area (Å²) in [7, 11) is 1.74. The second-order valence-corrected chi connectivity index (χ2v) is 4.90. The van der Waals surface area contributed by atoms with Gasteiger partial charge in [0.2, 0.25) is 0 Å². The molecule has 0 aromatic heterocycles. The first-order chi connectivity index (χ1) is 7.97. The summed E-state index contributed by atoms with van der Waals surface area (Å²) in [6.45, 7) is 1.98. The van der Waals surface area contributed by atoms with E-state index in [2.05, 4.69) is 0 Å². The molecule has 0 fully saturated rings. The van der Waals surface area contributed by atoms with Gasteiger partial charge in [-0.3, -0.25) is 4.79 Å². The highest BCUT2D eigenvalue weighted by atomic mass is 32.2. The molecule has 0 spiro atoms. The number of nitrogen functional groups attached to an aromatic ring is 1. The minimum absolute atomic E-state index is 0.0495. The molecule has 0 bridgehead atoms. The SMILES string of the molecule is CSCC(C)N(C)C(=O)c1cc(O)ccc1N. The van der Waals surface area contributed by atoms with Gasteiger partial charge in [0.05, 0.1) is 5.56 Å². The molecule has 1 amide bonds. The van der Waals surface area contributed by atoms with Crippen molar-refractivity contribution in [3.8, 4) is 5.75 Å². The molecule has 0 saturated heterocycles. The van der Waals surface area contributed by atoms with Crippen LogP contribution in [0.25, 0.3) is 0 Å². The number of thioether (sulfide) groups is 1. The fourth-order valence-corrected chi connectivity index (χ4v) is 2.18. The Hall–Kier alpha value is -1.36. The highest BCUT2D eigenvalue weighted by Gasteiger charge is 2.19. The zero-order valence-corrected chi connectivity index (χ0v) is 11.1. The summed E-state index contributed by atoms with van der Waals surface area (Å²) in [6, 6.07) is 4.53. The third-order valence-corrected chi connectivity index (χ3v) is 3.47. The Kier molecular flexibility index (Phi) is 4.69. The minimum Gasteiger partial charge on any atom is -0.508 e. The fourth-order valence-electron chi connectivity index (χ4n) is 1.47. The van der Waals surface area contributed by atoms with E-state index >= 15 is 0 Å². The predicted octanol–water partition coefficient (Wildman–Crippen LogP) is 1.80. The molecule has 3 N–H and O–H groups in total. The Morgan fingerprint density at radius 1 is 1.59 bits per heavy atom. The van der Waals surface area contributed by atoms with Crippen molar-refractivity contribution < 1.29 is 9.90 Å². The minimum atomic E-state index is -0.167. The molecule has 0 aliphatic rings. The van der Waals surface area contributed by atoms with Gasteiger partial charge in [-0.1, -0.05) is 0 Å². The highest BCUT2D eigenvalue weighted by molar-refractivity contribution is 7.98. The van der Waals surface area contributed by atoms with E-state index < -0.39 is 0 Å². The van der Waals surface area contributed by atoms with Crippen LogP contribution in [0.15, 0.2) is 18.2 Å². The van der Waals surface area contributed by atoms with Crippen molar-refractivity contribution in [2.24, 2.45) is 0 Å². The summed E-state index contributed by atoms with van der Waals surface area (Å²) in [6.07, 6.45) is 2.00. The number of rotatable bonds is 4. The van der Waals surface area contributed by atoms with Gasteiger partial charge in [-0.2, -0.15) is 11.8 Å². The van der Waals surface area contributed by atoms with Crippen molar-refractivity contribution in [3.63, 3.8) is 0 Å². The van der Waals surface area contributed by atoms with Crippen molar-refractivity contribution in [2.45, 2.75) is 13.0 Å².